The van der Waals surface area contributed by atoms with Crippen molar-refractivity contribution in [2.75, 3.05) is 18.0 Å². The maximum atomic E-state index is 14.3. The summed E-state index contributed by atoms with van der Waals surface area (Å²) in [6.45, 7) is 5.45. The normalized spacial score (nSPS) is 24.3. The summed E-state index contributed by atoms with van der Waals surface area (Å²) in [6, 6.07) is 0.307. The van der Waals surface area contributed by atoms with Crippen molar-refractivity contribution in [1.29, 1.82) is 0 Å². The number of nitrogens with zero attached hydrogens (tertiary/aromatic N) is 3. The van der Waals surface area contributed by atoms with Crippen LogP contribution >= 0.6 is 0 Å². The fourth-order valence-electron chi connectivity index (χ4n) is 2.51. The summed E-state index contributed by atoms with van der Waals surface area (Å²) in [5, 5.41) is 0. The number of hydrogen-bond donors (Lipinski definition) is 1. The predicted octanol–water partition coefficient (Wildman–Crippen LogP) is 1.74. The van der Waals surface area contributed by atoms with Crippen molar-refractivity contribution in [3.8, 4) is 0 Å². The molecular weight excluding hydrogens is 231 g/mol. The Bertz CT molecular complexity index is 410. The zero-order valence-corrected chi connectivity index (χ0v) is 11.1. The van der Waals surface area contributed by atoms with Crippen molar-refractivity contribution in [2.24, 2.45) is 11.7 Å². The first-order chi connectivity index (χ1) is 8.67. The highest BCUT2D eigenvalue weighted by Crippen LogP contribution is 2.28. The minimum Gasteiger partial charge on any atom is -0.351 e. The van der Waals surface area contributed by atoms with E-state index in [1.165, 1.54) is 6.33 Å². The minimum atomic E-state index is -0.274. The van der Waals surface area contributed by atoms with E-state index in [2.05, 4.69) is 16.9 Å². The van der Waals surface area contributed by atoms with Crippen LogP contribution in [0.25, 0.3) is 0 Å². The van der Waals surface area contributed by atoms with Crippen LogP contribution in [0.15, 0.2) is 6.33 Å². The van der Waals surface area contributed by atoms with Crippen molar-refractivity contribution >= 4 is 5.82 Å². The molecule has 2 unspecified atom stereocenters. The van der Waals surface area contributed by atoms with Crippen LogP contribution in [0.2, 0.25) is 0 Å². The highest BCUT2D eigenvalue weighted by atomic mass is 19.1. The second-order valence-electron chi connectivity index (χ2n) is 4.99. The number of aryl methyl sites for hydroxylation is 1. The average Bonchev–Trinajstić information content (AvgIpc) is 2.40. The Balaban J connectivity index is 2.28. The highest BCUT2D eigenvalue weighted by Gasteiger charge is 2.28. The molecule has 0 saturated carbocycles. The smallest absolute Gasteiger partial charge is 0.187 e. The number of halogens is 1. The van der Waals surface area contributed by atoms with E-state index >= 15 is 0 Å². The van der Waals surface area contributed by atoms with E-state index in [1.807, 2.05) is 11.8 Å². The SMILES string of the molecule is CCc1ncnc(N2CC(CN)CCC2C)c1F. The maximum Gasteiger partial charge on any atom is 0.187 e. The van der Waals surface area contributed by atoms with Crippen LogP contribution in [-0.4, -0.2) is 29.1 Å². The number of anilines is 1. The summed E-state index contributed by atoms with van der Waals surface area (Å²) in [6.07, 6.45) is 4.19. The summed E-state index contributed by atoms with van der Waals surface area (Å²) < 4.78 is 14.3. The van der Waals surface area contributed by atoms with Crippen LogP contribution in [-0.2, 0) is 6.42 Å². The molecule has 1 aromatic heterocycles. The van der Waals surface area contributed by atoms with E-state index < -0.39 is 0 Å². The number of rotatable bonds is 3. The monoisotopic (exact) mass is 252 g/mol. The van der Waals surface area contributed by atoms with Gasteiger partial charge in [0.05, 0.1) is 5.69 Å². The van der Waals surface area contributed by atoms with Gasteiger partial charge in [-0.05, 0) is 38.6 Å². The molecule has 1 aliphatic rings. The minimum absolute atomic E-state index is 0.274. The Morgan fingerprint density at radius 2 is 2.22 bits per heavy atom. The van der Waals surface area contributed by atoms with Gasteiger partial charge in [0.25, 0.3) is 0 Å². The number of aromatic nitrogens is 2. The Labute approximate surface area is 107 Å². The molecule has 2 N–H and O–H groups in total. The summed E-state index contributed by atoms with van der Waals surface area (Å²) >= 11 is 0. The number of hydrogen-bond acceptors (Lipinski definition) is 4. The molecule has 5 heteroatoms. The fraction of sp³-hybridized carbons (Fsp3) is 0.692. The number of piperidine rings is 1. The van der Waals surface area contributed by atoms with Crippen molar-refractivity contribution in [1.82, 2.24) is 9.97 Å². The van der Waals surface area contributed by atoms with Crippen LogP contribution in [0.3, 0.4) is 0 Å². The van der Waals surface area contributed by atoms with Gasteiger partial charge < -0.3 is 10.6 Å². The molecule has 18 heavy (non-hydrogen) atoms. The molecular formula is C13H21FN4. The first-order valence-corrected chi connectivity index (χ1v) is 6.63. The van der Waals surface area contributed by atoms with E-state index in [0.29, 0.717) is 36.4 Å². The van der Waals surface area contributed by atoms with Crippen LogP contribution in [0.5, 0.6) is 0 Å². The van der Waals surface area contributed by atoms with Crippen molar-refractivity contribution in [2.45, 2.75) is 39.2 Å². The predicted molar refractivity (Wildman–Crippen MR) is 70.0 cm³/mol. The first kappa shape index (κ1) is 13.2. The summed E-state index contributed by atoms with van der Waals surface area (Å²) in [7, 11) is 0. The highest BCUT2D eigenvalue weighted by molar-refractivity contribution is 5.42. The molecule has 4 nitrogen and oxygen atoms in total. The lowest BCUT2D eigenvalue weighted by molar-refractivity contribution is 0.367. The zero-order chi connectivity index (χ0) is 13.1. The van der Waals surface area contributed by atoms with Crippen LogP contribution < -0.4 is 10.6 Å². The molecule has 0 aromatic carbocycles. The molecule has 2 rings (SSSR count). The van der Waals surface area contributed by atoms with E-state index in [1.54, 1.807) is 0 Å². The zero-order valence-electron chi connectivity index (χ0n) is 11.1. The summed E-state index contributed by atoms with van der Waals surface area (Å²) in [4.78, 5) is 10.1. The molecule has 0 radical (unpaired) electrons. The van der Waals surface area contributed by atoms with Crippen LogP contribution in [0.1, 0.15) is 32.4 Å². The Kier molecular flexibility index (Phi) is 4.11. The van der Waals surface area contributed by atoms with Gasteiger partial charge in [0.1, 0.15) is 6.33 Å². The first-order valence-electron chi connectivity index (χ1n) is 6.63. The molecule has 1 fully saturated rings. The lowest BCUT2D eigenvalue weighted by Crippen LogP contribution is -2.45. The van der Waals surface area contributed by atoms with Gasteiger partial charge in [-0.25, -0.2) is 14.4 Å². The standard InChI is InChI=1S/C13H21FN4/c1-3-11-12(14)13(17-8-16-11)18-7-10(6-15)5-4-9(18)2/h8-10H,3-7,15H2,1-2H3. The van der Waals surface area contributed by atoms with Gasteiger partial charge in [-0.2, -0.15) is 0 Å². The number of nitrogens with two attached hydrogens (primary N) is 1. The second-order valence-corrected chi connectivity index (χ2v) is 4.99. The Morgan fingerprint density at radius 1 is 1.44 bits per heavy atom. The van der Waals surface area contributed by atoms with Gasteiger partial charge in [0.2, 0.25) is 0 Å². The van der Waals surface area contributed by atoms with Crippen molar-refractivity contribution in [3.05, 3.63) is 17.8 Å². The lowest BCUT2D eigenvalue weighted by Gasteiger charge is -2.38. The van der Waals surface area contributed by atoms with Gasteiger partial charge in [-0.1, -0.05) is 6.92 Å². The molecule has 1 aliphatic heterocycles. The van der Waals surface area contributed by atoms with Crippen LogP contribution in [0, 0.1) is 11.7 Å². The van der Waals surface area contributed by atoms with Crippen molar-refractivity contribution in [3.63, 3.8) is 0 Å². The molecule has 1 aromatic rings. The third kappa shape index (κ3) is 2.46. The van der Waals surface area contributed by atoms with Gasteiger partial charge in [0, 0.05) is 12.6 Å². The van der Waals surface area contributed by atoms with Gasteiger partial charge >= 0.3 is 0 Å². The average molecular weight is 252 g/mol. The van der Waals surface area contributed by atoms with Crippen molar-refractivity contribution < 1.29 is 4.39 Å². The Morgan fingerprint density at radius 3 is 2.89 bits per heavy atom. The molecule has 0 spiro atoms. The van der Waals surface area contributed by atoms with E-state index in [0.717, 1.165) is 19.4 Å². The lowest BCUT2D eigenvalue weighted by atomic mass is 9.93. The van der Waals surface area contributed by atoms with Gasteiger partial charge in [-0.3, -0.25) is 0 Å². The third-order valence-corrected chi connectivity index (χ3v) is 3.76. The molecule has 2 heterocycles. The summed E-state index contributed by atoms with van der Waals surface area (Å²) in [5.41, 5.74) is 6.22. The van der Waals surface area contributed by atoms with Gasteiger partial charge in [0.15, 0.2) is 11.6 Å². The molecule has 2 atom stereocenters. The van der Waals surface area contributed by atoms with E-state index in [-0.39, 0.29) is 5.82 Å². The molecule has 100 valence electrons. The fourth-order valence-corrected chi connectivity index (χ4v) is 2.51. The van der Waals surface area contributed by atoms with E-state index in [4.69, 9.17) is 5.73 Å². The quantitative estimate of drug-likeness (QED) is 0.890. The molecule has 0 aliphatic carbocycles. The topological polar surface area (TPSA) is 55.0 Å². The largest absolute Gasteiger partial charge is 0.351 e. The maximum absolute atomic E-state index is 14.3. The summed E-state index contributed by atoms with van der Waals surface area (Å²) in [5.74, 6) is 0.595. The molecule has 0 amide bonds. The van der Waals surface area contributed by atoms with E-state index in [9.17, 15) is 4.39 Å². The Hall–Kier alpha value is -1.23. The third-order valence-electron chi connectivity index (χ3n) is 3.76. The van der Waals surface area contributed by atoms with Gasteiger partial charge in [-0.15, -0.1) is 0 Å². The molecule has 0 bridgehead atoms. The molecule has 1 saturated heterocycles. The second kappa shape index (κ2) is 5.61. The van der Waals surface area contributed by atoms with Crippen LogP contribution in [0.4, 0.5) is 10.2 Å².